The summed E-state index contributed by atoms with van der Waals surface area (Å²) >= 11 is 1.93. The second-order valence-corrected chi connectivity index (χ2v) is 12.2. The van der Waals surface area contributed by atoms with Crippen LogP contribution in [0.25, 0.3) is 21.9 Å². The molecule has 0 atom stereocenters. The van der Waals surface area contributed by atoms with Crippen LogP contribution in [-0.2, 0) is 6.54 Å². The van der Waals surface area contributed by atoms with E-state index in [0.717, 1.165) is 19.4 Å². The van der Waals surface area contributed by atoms with Crippen LogP contribution in [-0.4, -0.2) is 7.05 Å². The summed E-state index contributed by atoms with van der Waals surface area (Å²) in [6, 6.07) is 17.5. The summed E-state index contributed by atoms with van der Waals surface area (Å²) in [6.45, 7) is 8.17. The highest BCUT2D eigenvalue weighted by molar-refractivity contribution is 7.18. The Bertz CT molecular complexity index is 1430. The largest absolute Gasteiger partial charge is 0.351 e. The Morgan fingerprint density at radius 3 is 2.70 bits per heavy atom. The fourth-order valence-corrected chi connectivity index (χ4v) is 6.75. The van der Waals surface area contributed by atoms with Gasteiger partial charge >= 0.3 is 0 Å². The molecule has 2 aliphatic rings. The van der Waals surface area contributed by atoms with Gasteiger partial charge in [0.25, 0.3) is 5.01 Å². The van der Waals surface area contributed by atoms with E-state index in [1.54, 1.807) is 0 Å². The lowest BCUT2D eigenvalue weighted by atomic mass is 9.75. The minimum absolute atomic E-state index is 0.247. The van der Waals surface area contributed by atoms with Crippen LogP contribution in [0.5, 0.6) is 0 Å². The van der Waals surface area contributed by atoms with Gasteiger partial charge in [-0.05, 0) is 59.6 Å². The molecule has 5 rings (SSSR count). The van der Waals surface area contributed by atoms with Gasteiger partial charge in [0, 0.05) is 43.1 Å². The lowest BCUT2D eigenvalue weighted by molar-refractivity contribution is -0.669. The SMILES string of the molecule is CCCCC[n+]1c(C=C2C=C(C=CC=C3C=CN(C)c4ccccc43)CC(C)(C)C2)sc2ccccc21. The van der Waals surface area contributed by atoms with Gasteiger partial charge in [-0.2, -0.15) is 4.57 Å². The molecule has 2 heterocycles. The van der Waals surface area contributed by atoms with Crippen molar-refractivity contribution in [2.45, 2.75) is 59.4 Å². The van der Waals surface area contributed by atoms with Crippen molar-refractivity contribution in [1.82, 2.24) is 0 Å². The van der Waals surface area contributed by atoms with Gasteiger partial charge in [-0.25, -0.2) is 0 Å². The molecule has 0 radical (unpaired) electrons. The van der Waals surface area contributed by atoms with Crippen LogP contribution >= 0.6 is 11.3 Å². The number of nitrogens with zero attached hydrogens (tertiary/aromatic N) is 2. The van der Waals surface area contributed by atoms with E-state index in [1.807, 2.05) is 11.3 Å². The van der Waals surface area contributed by atoms with E-state index in [-0.39, 0.29) is 5.41 Å². The monoisotopic (exact) mass is 507 g/mol. The summed E-state index contributed by atoms with van der Waals surface area (Å²) in [5.74, 6) is 0. The molecule has 2 aromatic carbocycles. The molecule has 0 amide bonds. The molecule has 0 saturated heterocycles. The van der Waals surface area contributed by atoms with Gasteiger partial charge in [0.05, 0.1) is 0 Å². The first kappa shape index (κ1) is 25.5. The molecule has 37 heavy (non-hydrogen) atoms. The number of aromatic nitrogens is 1. The second kappa shape index (κ2) is 11.1. The zero-order valence-corrected chi connectivity index (χ0v) is 23.5. The summed E-state index contributed by atoms with van der Waals surface area (Å²) in [6.07, 6.45) is 22.0. The molecule has 0 spiro atoms. The number of thiazole rings is 1. The number of aryl methyl sites for hydroxylation is 1. The van der Waals surface area contributed by atoms with Crippen molar-refractivity contribution < 1.29 is 4.57 Å². The number of rotatable bonds is 7. The Labute approximate surface area is 226 Å². The predicted octanol–water partition coefficient (Wildman–Crippen LogP) is 9.11. The van der Waals surface area contributed by atoms with Crippen molar-refractivity contribution in [2.24, 2.45) is 5.41 Å². The molecular weight excluding hydrogens is 468 g/mol. The smallest absolute Gasteiger partial charge is 0.263 e. The van der Waals surface area contributed by atoms with Crippen LogP contribution < -0.4 is 9.47 Å². The fourth-order valence-electron chi connectivity index (χ4n) is 5.59. The molecule has 3 aromatic rings. The Morgan fingerprint density at radius 2 is 1.84 bits per heavy atom. The first-order chi connectivity index (χ1) is 17.9. The standard InChI is InChI=1S/C34H39N2S/c1-5-6-11-20-36-31-17-9-10-18-32(31)37-33(36)23-27-22-26(24-34(2,3)25-27)13-12-14-28-19-21-35(4)30-16-8-7-15-29(28)30/h7-10,12-19,21-23H,5-6,11,20,24-25H2,1-4H3/q+1. The first-order valence-corrected chi connectivity index (χ1v) is 14.5. The predicted molar refractivity (Wildman–Crippen MR) is 162 cm³/mol. The average Bonchev–Trinajstić information content (AvgIpc) is 3.21. The van der Waals surface area contributed by atoms with E-state index in [4.69, 9.17) is 0 Å². The van der Waals surface area contributed by atoms with Gasteiger partial charge in [-0.15, -0.1) is 0 Å². The highest BCUT2D eigenvalue weighted by atomic mass is 32.1. The summed E-state index contributed by atoms with van der Waals surface area (Å²) in [4.78, 5) is 2.18. The molecule has 0 fully saturated rings. The van der Waals surface area contributed by atoms with Crippen LogP contribution in [0, 0.1) is 5.41 Å². The summed E-state index contributed by atoms with van der Waals surface area (Å²) in [5, 5.41) is 1.37. The third-order valence-corrected chi connectivity index (χ3v) is 8.44. The number of allylic oxidation sites excluding steroid dienone is 8. The molecule has 0 unspecified atom stereocenters. The Morgan fingerprint density at radius 1 is 1.03 bits per heavy atom. The Hall–Kier alpha value is -3.17. The van der Waals surface area contributed by atoms with Crippen molar-refractivity contribution in [3.63, 3.8) is 0 Å². The number of unbranched alkanes of at least 4 members (excludes halogenated alkanes) is 2. The van der Waals surface area contributed by atoms with Crippen molar-refractivity contribution in [2.75, 3.05) is 11.9 Å². The lowest BCUT2D eigenvalue weighted by Crippen LogP contribution is -2.35. The van der Waals surface area contributed by atoms with Crippen molar-refractivity contribution in [1.29, 1.82) is 0 Å². The molecular formula is C34H39N2S+. The lowest BCUT2D eigenvalue weighted by Gasteiger charge is -2.30. The van der Waals surface area contributed by atoms with Crippen LogP contribution in [0.3, 0.4) is 0 Å². The molecule has 1 aromatic heterocycles. The number of para-hydroxylation sites is 2. The van der Waals surface area contributed by atoms with E-state index >= 15 is 0 Å². The minimum atomic E-state index is 0.247. The highest BCUT2D eigenvalue weighted by Crippen LogP contribution is 2.39. The third-order valence-electron chi connectivity index (χ3n) is 7.33. The van der Waals surface area contributed by atoms with Crippen molar-refractivity contribution in [3.05, 3.63) is 107 Å². The quantitative estimate of drug-likeness (QED) is 0.228. The number of benzene rings is 2. The fraction of sp³-hybridized carbons (Fsp3) is 0.324. The normalized spacial score (nSPS) is 19.2. The van der Waals surface area contributed by atoms with Crippen LogP contribution in [0.15, 0.2) is 96.3 Å². The van der Waals surface area contributed by atoms with Gasteiger partial charge in [0.15, 0.2) is 6.54 Å². The molecule has 0 saturated carbocycles. The first-order valence-electron chi connectivity index (χ1n) is 13.6. The highest BCUT2D eigenvalue weighted by Gasteiger charge is 2.26. The van der Waals surface area contributed by atoms with Gasteiger partial charge in [0.1, 0.15) is 4.70 Å². The summed E-state index contributed by atoms with van der Waals surface area (Å²) in [7, 11) is 2.11. The zero-order valence-electron chi connectivity index (χ0n) is 22.7. The van der Waals surface area contributed by atoms with Crippen LogP contribution in [0.4, 0.5) is 5.69 Å². The van der Waals surface area contributed by atoms with Gasteiger partial charge < -0.3 is 4.90 Å². The topological polar surface area (TPSA) is 7.12 Å². The summed E-state index contributed by atoms with van der Waals surface area (Å²) in [5.41, 5.74) is 8.25. The second-order valence-electron chi connectivity index (χ2n) is 11.1. The van der Waals surface area contributed by atoms with Crippen LogP contribution in [0.2, 0.25) is 0 Å². The van der Waals surface area contributed by atoms with Gasteiger partial charge in [0.2, 0.25) is 5.52 Å². The van der Waals surface area contributed by atoms with Crippen molar-refractivity contribution in [3.8, 4) is 0 Å². The van der Waals surface area contributed by atoms with E-state index < -0.39 is 0 Å². The Kier molecular flexibility index (Phi) is 7.62. The molecule has 0 bridgehead atoms. The molecule has 2 nitrogen and oxygen atoms in total. The number of hydrogen-bond donors (Lipinski definition) is 0. The number of hydrogen-bond acceptors (Lipinski definition) is 2. The Balaban J connectivity index is 1.45. The molecule has 3 heteroatoms. The zero-order chi connectivity index (χ0) is 25.8. The van der Waals surface area contributed by atoms with E-state index in [1.165, 1.54) is 62.5 Å². The minimum Gasteiger partial charge on any atom is -0.351 e. The van der Waals surface area contributed by atoms with E-state index in [9.17, 15) is 0 Å². The maximum atomic E-state index is 2.54. The summed E-state index contributed by atoms with van der Waals surface area (Å²) < 4.78 is 3.92. The van der Waals surface area contributed by atoms with E-state index in [2.05, 4.69) is 128 Å². The molecule has 190 valence electrons. The number of anilines is 1. The number of fused-ring (bicyclic) bond motifs is 2. The molecule has 1 aliphatic carbocycles. The molecule has 0 N–H and O–H groups in total. The van der Waals surface area contributed by atoms with Crippen molar-refractivity contribution >= 4 is 38.9 Å². The maximum Gasteiger partial charge on any atom is 0.263 e. The maximum absolute atomic E-state index is 2.54. The third kappa shape index (κ3) is 5.88. The van der Waals surface area contributed by atoms with E-state index in [0.29, 0.717) is 0 Å². The average molecular weight is 508 g/mol. The molecule has 1 aliphatic heterocycles. The van der Waals surface area contributed by atoms with Gasteiger partial charge in [-0.3, -0.25) is 0 Å². The van der Waals surface area contributed by atoms with Gasteiger partial charge in [-0.1, -0.05) is 93.2 Å². The van der Waals surface area contributed by atoms with Crippen LogP contribution in [0.1, 0.15) is 63.4 Å².